The number of nitrogens with one attached hydrogen (secondary N) is 1. The summed E-state index contributed by atoms with van der Waals surface area (Å²) < 4.78 is 17.8. The normalized spacial score (nSPS) is 10.9. The van der Waals surface area contributed by atoms with Gasteiger partial charge in [0.15, 0.2) is 22.5 Å². The molecule has 1 aromatic heterocycles. The molecule has 0 atom stereocenters. The molecule has 0 saturated heterocycles. The van der Waals surface area contributed by atoms with Gasteiger partial charge >= 0.3 is 0 Å². The Kier molecular flexibility index (Phi) is 8.83. The zero-order valence-corrected chi connectivity index (χ0v) is 21.9. The fraction of sp³-hybridized carbons (Fsp3) is 0.185. The summed E-state index contributed by atoms with van der Waals surface area (Å²) in [4.78, 5) is 12.5. The zero-order valence-electron chi connectivity index (χ0n) is 21.1. The number of hydrogen-bond acceptors (Lipinski definition) is 9. The fourth-order valence-corrected chi connectivity index (χ4v) is 4.25. The van der Waals surface area contributed by atoms with Crippen LogP contribution in [0.15, 0.2) is 77.0 Å². The number of para-hydroxylation sites is 1. The van der Waals surface area contributed by atoms with Crippen molar-refractivity contribution in [3.63, 3.8) is 0 Å². The van der Waals surface area contributed by atoms with E-state index in [1.54, 1.807) is 32.4 Å². The van der Waals surface area contributed by atoms with Gasteiger partial charge in [-0.3, -0.25) is 9.36 Å². The molecule has 0 bridgehead atoms. The first-order valence-corrected chi connectivity index (χ1v) is 12.7. The predicted molar refractivity (Wildman–Crippen MR) is 146 cm³/mol. The van der Waals surface area contributed by atoms with Gasteiger partial charge in [-0.1, -0.05) is 17.8 Å². The Morgan fingerprint density at radius 3 is 2.37 bits per heavy atom. The number of methoxy groups -OCH3 is 2. The minimum absolute atomic E-state index is 0.0409. The third-order valence-corrected chi connectivity index (χ3v) is 6.30. The van der Waals surface area contributed by atoms with Crippen molar-refractivity contribution < 1.29 is 24.1 Å². The van der Waals surface area contributed by atoms with Gasteiger partial charge < -0.3 is 19.3 Å². The molecule has 1 heterocycles. The first kappa shape index (κ1) is 26.6. The van der Waals surface area contributed by atoms with E-state index in [0.717, 1.165) is 22.7 Å². The number of rotatable bonds is 11. The van der Waals surface area contributed by atoms with Gasteiger partial charge in [0.1, 0.15) is 11.5 Å². The highest BCUT2D eigenvalue weighted by Crippen LogP contribution is 2.30. The summed E-state index contributed by atoms with van der Waals surface area (Å²) in [6.07, 6.45) is 1.36. The molecule has 10 nitrogen and oxygen atoms in total. The molecule has 1 amide bonds. The first-order chi connectivity index (χ1) is 18.5. The highest BCUT2D eigenvalue weighted by molar-refractivity contribution is 7.99. The van der Waals surface area contributed by atoms with Gasteiger partial charge in [-0.15, -0.1) is 10.2 Å². The van der Waals surface area contributed by atoms with Crippen LogP contribution < -0.4 is 19.6 Å². The van der Waals surface area contributed by atoms with Gasteiger partial charge in [-0.05, 0) is 67.6 Å². The minimum atomic E-state index is -0.345. The van der Waals surface area contributed by atoms with Crippen LogP contribution in [0.3, 0.4) is 0 Å². The molecule has 4 aromatic rings. The van der Waals surface area contributed by atoms with Crippen LogP contribution in [0, 0.1) is 0 Å². The summed E-state index contributed by atoms with van der Waals surface area (Å²) in [6, 6.07) is 20.0. The van der Waals surface area contributed by atoms with E-state index in [-0.39, 0.29) is 17.4 Å². The van der Waals surface area contributed by atoms with E-state index in [4.69, 9.17) is 14.2 Å². The number of phenols is 1. The van der Waals surface area contributed by atoms with Crippen molar-refractivity contribution >= 4 is 23.9 Å². The summed E-state index contributed by atoms with van der Waals surface area (Å²) in [5.74, 6) is 2.07. The molecule has 11 heteroatoms. The van der Waals surface area contributed by atoms with Crippen LogP contribution >= 0.6 is 11.8 Å². The van der Waals surface area contributed by atoms with Crippen molar-refractivity contribution in [2.75, 3.05) is 26.6 Å². The molecule has 4 rings (SSSR count). The van der Waals surface area contributed by atoms with E-state index < -0.39 is 0 Å². The van der Waals surface area contributed by atoms with Crippen molar-refractivity contribution in [2.45, 2.75) is 12.1 Å². The Labute approximate surface area is 224 Å². The fourth-order valence-electron chi connectivity index (χ4n) is 3.51. The molecular weight excluding hydrogens is 506 g/mol. The molecule has 0 aliphatic rings. The van der Waals surface area contributed by atoms with Crippen LogP contribution in [0.25, 0.3) is 17.1 Å². The second-order valence-corrected chi connectivity index (χ2v) is 8.72. The largest absolute Gasteiger partial charge is 0.504 e. The average molecular weight is 534 g/mol. The van der Waals surface area contributed by atoms with Crippen molar-refractivity contribution in [3.8, 4) is 40.1 Å². The Morgan fingerprint density at radius 1 is 1.03 bits per heavy atom. The smallest absolute Gasteiger partial charge is 0.250 e. The Morgan fingerprint density at radius 2 is 1.71 bits per heavy atom. The van der Waals surface area contributed by atoms with Crippen molar-refractivity contribution in [1.29, 1.82) is 0 Å². The topological polar surface area (TPSA) is 120 Å². The van der Waals surface area contributed by atoms with E-state index in [1.165, 1.54) is 18.0 Å². The van der Waals surface area contributed by atoms with Crippen LogP contribution in [0.5, 0.6) is 23.0 Å². The lowest BCUT2D eigenvalue weighted by molar-refractivity contribution is -0.118. The maximum atomic E-state index is 12.5. The second kappa shape index (κ2) is 12.6. The first-order valence-electron chi connectivity index (χ1n) is 11.7. The van der Waals surface area contributed by atoms with Crippen molar-refractivity contribution in [3.05, 3.63) is 72.3 Å². The molecule has 38 heavy (non-hydrogen) atoms. The molecule has 0 saturated carbocycles. The van der Waals surface area contributed by atoms with E-state index in [1.807, 2.05) is 60.0 Å². The lowest BCUT2D eigenvalue weighted by Gasteiger charge is -2.11. The van der Waals surface area contributed by atoms with E-state index in [0.29, 0.717) is 28.9 Å². The number of nitrogens with zero attached hydrogens (tertiary/aromatic N) is 4. The summed E-state index contributed by atoms with van der Waals surface area (Å²) in [5, 5.41) is 23.5. The number of carbonyl (C=O) groups is 1. The van der Waals surface area contributed by atoms with Gasteiger partial charge in [0.05, 0.1) is 32.8 Å². The molecule has 3 aromatic carbocycles. The molecule has 0 aliphatic heterocycles. The minimum Gasteiger partial charge on any atom is -0.504 e. The van der Waals surface area contributed by atoms with Crippen LogP contribution in [-0.2, 0) is 4.79 Å². The maximum Gasteiger partial charge on any atom is 0.250 e. The molecule has 2 N–H and O–H groups in total. The number of ether oxygens (including phenoxy) is 3. The lowest BCUT2D eigenvalue weighted by Crippen LogP contribution is -2.20. The number of carbonyl (C=O) groups excluding carboxylic acids is 1. The van der Waals surface area contributed by atoms with E-state index in [2.05, 4.69) is 20.7 Å². The highest BCUT2D eigenvalue weighted by atomic mass is 32.2. The Balaban J connectivity index is 1.50. The summed E-state index contributed by atoms with van der Waals surface area (Å²) in [5.41, 5.74) is 4.55. The molecule has 0 unspecified atom stereocenters. The quantitative estimate of drug-likeness (QED) is 0.166. The van der Waals surface area contributed by atoms with Crippen molar-refractivity contribution in [2.24, 2.45) is 5.10 Å². The summed E-state index contributed by atoms with van der Waals surface area (Å²) in [7, 11) is 3.22. The number of phenolic OH excluding ortho intramolecular Hbond substituents is 1. The third kappa shape index (κ3) is 6.24. The van der Waals surface area contributed by atoms with Gasteiger partial charge in [0.2, 0.25) is 0 Å². The predicted octanol–water partition coefficient (Wildman–Crippen LogP) is 4.30. The average Bonchev–Trinajstić information content (AvgIpc) is 3.38. The summed E-state index contributed by atoms with van der Waals surface area (Å²) >= 11 is 1.22. The van der Waals surface area contributed by atoms with Gasteiger partial charge in [-0.25, -0.2) is 5.43 Å². The molecule has 0 radical (unpaired) electrons. The molecule has 0 fully saturated rings. The molecule has 0 spiro atoms. The number of hydrazone groups is 1. The van der Waals surface area contributed by atoms with Gasteiger partial charge in [0, 0.05) is 16.8 Å². The SMILES string of the molecule is CCOc1cccc(/C=N\NC(=O)CSc2nnc(-c3ccc(OC)cc3)n2-c2ccc(OC)cc2)c1O. The third-order valence-electron chi connectivity index (χ3n) is 5.37. The number of amides is 1. The number of thioether (sulfide) groups is 1. The molecular formula is C27H27N5O5S. The van der Waals surface area contributed by atoms with E-state index >= 15 is 0 Å². The second-order valence-electron chi connectivity index (χ2n) is 7.78. The molecule has 196 valence electrons. The van der Waals surface area contributed by atoms with Gasteiger partial charge in [-0.2, -0.15) is 5.10 Å². The van der Waals surface area contributed by atoms with Gasteiger partial charge in [0.25, 0.3) is 5.91 Å². The standard InChI is InChI=1S/C27H27N5O5S/c1-4-37-23-7-5-6-19(25(23)34)16-28-29-24(33)17-38-27-31-30-26(18-8-12-21(35-2)13-9-18)32(27)20-10-14-22(36-3)15-11-20/h5-16,34H,4,17H2,1-3H3,(H,29,33)/b28-16-. The zero-order chi connectivity index (χ0) is 26.9. The molecule has 0 aliphatic carbocycles. The number of benzene rings is 3. The van der Waals surface area contributed by atoms with E-state index in [9.17, 15) is 9.90 Å². The Hall–Kier alpha value is -4.51. The number of aromatic nitrogens is 3. The maximum absolute atomic E-state index is 12.5. The number of aromatic hydroxyl groups is 1. The number of hydrogen-bond donors (Lipinski definition) is 2. The highest BCUT2D eigenvalue weighted by Gasteiger charge is 2.18. The Bertz CT molecular complexity index is 1400. The lowest BCUT2D eigenvalue weighted by atomic mass is 10.2. The van der Waals surface area contributed by atoms with Crippen molar-refractivity contribution in [1.82, 2.24) is 20.2 Å². The summed E-state index contributed by atoms with van der Waals surface area (Å²) in [6.45, 7) is 2.25. The van der Waals surface area contributed by atoms with Crippen LogP contribution in [0.4, 0.5) is 0 Å². The van der Waals surface area contributed by atoms with Crippen LogP contribution in [0.1, 0.15) is 12.5 Å². The van der Waals surface area contributed by atoms with Crippen LogP contribution in [-0.4, -0.2) is 58.6 Å². The monoisotopic (exact) mass is 533 g/mol. The van der Waals surface area contributed by atoms with Crippen LogP contribution in [0.2, 0.25) is 0 Å².